The molecule has 0 saturated carbocycles. The molecule has 0 atom stereocenters. The van der Waals surface area contributed by atoms with E-state index >= 15 is 0 Å². The molecule has 2 N–H and O–H groups in total. The lowest BCUT2D eigenvalue weighted by Gasteiger charge is -2.05. The van der Waals surface area contributed by atoms with Crippen molar-refractivity contribution in [3.05, 3.63) is 54.1 Å². The normalized spacial score (nSPS) is 11.3. The Morgan fingerprint density at radius 2 is 2.07 bits per heavy atom. The lowest BCUT2D eigenvalue weighted by molar-refractivity contribution is -0.0528. The number of ether oxygens (including phenoxy) is 1. The molecule has 4 aromatic rings. The second-order valence-corrected chi connectivity index (χ2v) is 5.52. The van der Waals surface area contributed by atoms with Crippen molar-refractivity contribution in [2.75, 3.05) is 5.32 Å². The summed E-state index contributed by atoms with van der Waals surface area (Å²) in [6.07, 6.45) is 3.01. The average molecular weight is 375 g/mol. The summed E-state index contributed by atoms with van der Waals surface area (Å²) in [7, 11) is 0. The maximum Gasteiger partial charge on any atom is 0.388 e. The van der Waals surface area contributed by atoms with Crippen molar-refractivity contribution in [1.82, 2.24) is 29.9 Å². The number of aromatic amines is 1. The van der Waals surface area contributed by atoms with Gasteiger partial charge in [-0.3, -0.25) is 0 Å². The number of rotatable bonds is 6. The molecule has 0 radical (unpaired) electrons. The summed E-state index contributed by atoms with van der Waals surface area (Å²) in [6.45, 7) is -2.64. The Bertz CT molecular complexity index is 1080. The molecule has 0 aliphatic carbocycles. The van der Waals surface area contributed by atoms with Gasteiger partial charge in [0.2, 0.25) is 5.88 Å². The first kappa shape index (κ1) is 16.8. The van der Waals surface area contributed by atoms with Crippen LogP contribution in [0, 0.1) is 5.82 Å². The van der Waals surface area contributed by atoms with Crippen LogP contribution < -0.4 is 10.1 Å². The third-order valence-electron chi connectivity index (χ3n) is 3.59. The zero-order chi connectivity index (χ0) is 18.8. The van der Waals surface area contributed by atoms with Crippen molar-refractivity contribution in [2.45, 2.75) is 13.2 Å². The van der Waals surface area contributed by atoms with Crippen LogP contribution in [0.1, 0.15) is 5.56 Å². The van der Waals surface area contributed by atoms with Crippen LogP contribution in [0.5, 0.6) is 5.88 Å². The topological polar surface area (TPSA) is 93.5 Å². The zero-order valence-electron chi connectivity index (χ0n) is 13.6. The van der Waals surface area contributed by atoms with E-state index in [0.717, 1.165) is 5.56 Å². The second kappa shape index (κ2) is 6.94. The molecule has 0 saturated heterocycles. The van der Waals surface area contributed by atoms with E-state index in [2.05, 4.69) is 35.3 Å². The minimum atomic E-state index is -2.95. The summed E-state index contributed by atoms with van der Waals surface area (Å²) in [6, 6.07) is 7.44. The van der Waals surface area contributed by atoms with Gasteiger partial charge in [-0.15, -0.1) is 0 Å². The first-order valence-electron chi connectivity index (χ1n) is 7.77. The zero-order valence-corrected chi connectivity index (χ0v) is 13.6. The number of benzene rings is 1. The molecule has 11 heteroatoms. The van der Waals surface area contributed by atoms with Crippen LogP contribution >= 0.6 is 0 Å². The Balaban J connectivity index is 1.57. The summed E-state index contributed by atoms with van der Waals surface area (Å²) in [5, 5.41) is 13.2. The molecule has 0 aliphatic rings. The molecule has 0 bridgehead atoms. The molecular formula is C16H12F3N7O. The fourth-order valence-corrected chi connectivity index (χ4v) is 2.49. The van der Waals surface area contributed by atoms with Crippen LogP contribution in [0.2, 0.25) is 0 Å². The number of fused-ring (bicyclic) bond motifs is 1. The van der Waals surface area contributed by atoms with E-state index in [9.17, 15) is 13.2 Å². The van der Waals surface area contributed by atoms with Crippen molar-refractivity contribution in [3.63, 3.8) is 0 Å². The Morgan fingerprint density at radius 1 is 1.19 bits per heavy atom. The van der Waals surface area contributed by atoms with Gasteiger partial charge >= 0.3 is 6.61 Å². The molecule has 4 rings (SSSR count). The first-order valence-corrected chi connectivity index (χ1v) is 7.77. The molecule has 3 heterocycles. The largest absolute Gasteiger partial charge is 0.417 e. The van der Waals surface area contributed by atoms with Crippen LogP contribution in [-0.4, -0.2) is 36.6 Å². The van der Waals surface area contributed by atoms with Gasteiger partial charge in [-0.2, -0.15) is 19.0 Å². The average Bonchev–Trinajstić information content (AvgIpc) is 3.22. The predicted molar refractivity (Wildman–Crippen MR) is 89.3 cm³/mol. The molecule has 0 aliphatic heterocycles. The predicted octanol–water partition coefficient (Wildman–Crippen LogP) is 3.08. The highest BCUT2D eigenvalue weighted by Crippen LogP contribution is 2.20. The van der Waals surface area contributed by atoms with E-state index in [4.69, 9.17) is 0 Å². The van der Waals surface area contributed by atoms with E-state index in [1.54, 1.807) is 23.0 Å². The Kier molecular flexibility index (Phi) is 4.32. The number of H-pyrrole nitrogens is 1. The molecule has 0 fully saturated rings. The number of hydrogen-bond acceptors (Lipinski definition) is 6. The van der Waals surface area contributed by atoms with Crippen molar-refractivity contribution in [2.24, 2.45) is 0 Å². The maximum absolute atomic E-state index is 13.4. The summed E-state index contributed by atoms with van der Waals surface area (Å²) < 4.78 is 43.6. The summed E-state index contributed by atoms with van der Waals surface area (Å²) >= 11 is 0. The Morgan fingerprint density at radius 3 is 2.89 bits per heavy atom. The molecule has 27 heavy (non-hydrogen) atoms. The van der Waals surface area contributed by atoms with Crippen molar-refractivity contribution in [1.29, 1.82) is 0 Å². The van der Waals surface area contributed by atoms with Crippen molar-refractivity contribution in [3.8, 4) is 5.88 Å². The Labute approximate surface area is 150 Å². The number of nitrogens with one attached hydrogen (secondary N) is 2. The summed E-state index contributed by atoms with van der Waals surface area (Å²) in [5.41, 5.74) is 1.76. The fraction of sp³-hybridized carbons (Fsp3) is 0.125. The minimum Gasteiger partial charge on any atom is -0.417 e. The van der Waals surface area contributed by atoms with Gasteiger partial charge in [0, 0.05) is 6.07 Å². The molecule has 8 nitrogen and oxygen atoms in total. The molecular weight excluding hydrogens is 363 g/mol. The smallest absolute Gasteiger partial charge is 0.388 e. The second-order valence-electron chi connectivity index (χ2n) is 5.52. The fourth-order valence-electron chi connectivity index (χ4n) is 2.49. The van der Waals surface area contributed by atoms with Crippen molar-refractivity contribution >= 4 is 22.8 Å². The standard InChI is InChI=1S/C16H12F3N7O/c17-10-3-1-2-9(4-10)8-26-15-11(6-21-26)20-7-13(23-15)22-12-5-14(25-24-12)27-16(18)19/h1-7,16H,8H2,(H2,22,23,24,25). The highest BCUT2D eigenvalue weighted by Gasteiger charge is 2.11. The van der Waals surface area contributed by atoms with Gasteiger partial charge in [0.25, 0.3) is 0 Å². The Hall–Kier alpha value is -3.63. The first-order chi connectivity index (χ1) is 13.1. The summed E-state index contributed by atoms with van der Waals surface area (Å²) in [4.78, 5) is 8.65. The van der Waals surface area contributed by atoms with Crippen LogP contribution in [-0.2, 0) is 6.54 Å². The van der Waals surface area contributed by atoms with Crippen molar-refractivity contribution < 1.29 is 17.9 Å². The van der Waals surface area contributed by atoms with Crippen LogP contribution in [0.25, 0.3) is 11.2 Å². The summed E-state index contributed by atoms with van der Waals surface area (Å²) in [5.74, 6) is 0.0459. The van der Waals surface area contributed by atoms with Crippen LogP contribution in [0.15, 0.2) is 42.7 Å². The molecule has 3 aromatic heterocycles. The van der Waals surface area contributed by atoms with Gasteiger partial charge in [0.1, 0.15) is 11.3 Å². The van der Waals surface area contributed by atoms with Gasteiger partial charge in [-0.25, -0.2) is 24.1 Å². The van der Waals surface area contributed by atoms with E-state index in [-0.39, 0.29) is 17.5 Å². The lowest BCUT2D eigenvalue weighted by Crippen LogP contribution is -2.04. The molecule has 0 spiro atoms. The monoisotopic (exact) mass is 375 g/mol. The van der Waals surface area contributed by atoms with E-state index in [1.165, 1.54) is 24.4 Å². The quantitative estimate of drug-likeness (QED) is 0.538. The van der Waals surface area contributed by atoms with E-state index in [1.807, 2.05) is 0 Å². The highest BCUT2D eigenvalue weighted by molar-refractivity contribution is 5.72. The molecule has 0 amide bonds. The van der Waals surface area contributed by atoms with Gasteiger partial charge < -0.3 is 10.1 Å². The number of anilines is 2. The number of aromatic nitrogens is 6. The van der Waals surface area contributed by atoms with E-state index in [0.29, 0.717) is 23.5 Å². The van der Waals surface area contributed by atoms with Crippen LogP contribution in [0.3, 0.4) is 0 Å². The van der Waals surface area contributed by atoms with Gasteiger partial charge in [-0.05, 0) is 17.7 Å². The highest BCUT2D eigenvalue weighted by atomic mass is 19.3. The molecule has 0 unspecified atom stereocenters. The SMILES string of the molecule is Fc1cccc(Cn2ncc3ncc(Nc4cc(OC(F)F)[nH]n4)nc32)c1. The van der Waals surface area contributed by atoms with E-state index < -0.39 is 6.61 Å². The number of hydrogen-bond donors (Lipinski definition) is 2. The van der Waals surface area contributed by atoms with Gasteiger partial charge in [-0.1, -0.05) is 12.1 Å². The third-order valence-corrected chi connectivity index (χ3v) is 3.59. The minimum absolute atomic E-state index is 0.183. The van der Waals surface area contributed by atoms with Gasteiger partial charge in [0.05, 0.1) is 18.9 Å². The van der Waals surface area contributed by atoms with Crippen LogP contribution in [0.4, 0.5) is 24.8 Å². The number of nitrogens with zero attached hydrogens (tertiary/aromatic N) is 5. The lowest BCUT2D eigenvalue weighted by atomic mass is 10.2. The maximum atomic E-state index is 13.4. The molecule has 138 valence electrons. The number of alkyl halides is 2. The molecule has 1 aromatic carbocycles. The van der Waals surface area contributed by atoms with Gasteiger partial charge in [0.15, 0.2) is 17.3 Å². The number of halogens is 3. The third kappa shape index (κ3) is 3.81.